The average Bonchev–Trinajstić information content (AvgIpc) is 2.56. The van der Waals surface area contributed by atoms with Gasteiger partial charge in [0.15, 0.2) is 0 Å². The topological polar surface area (TPSA) is 39.2 Å². The SMILES string of the molecule is CCc1ccc2oc(C(C)N)c(C)c2c1. The quantitative estimate of drug-likeness (QED) is 0.813. The smallest absolute Gasteiger partial charge is 0.134 e. The van der Waals surface area contributed by atoms with E-state index >= 15 is 0 Å². The Morgan fingerprint density at radius 1 is 1.40 bits per heavy atom. The molecule has 0 saturated carbocycles. The normalized spacial score (nSPS) is 13.3. The fourth-order valence-corrected chi connectivity index (χ4v) is 1.94. The predicted molar refractivity (Wildman–Crippen MR) is 62.9 cm³/mol. The molecule has 0 amide bonds. The van der Waals surface area contributed by atoms with E-state index in [4.69, 9.17) is 10.2 Å². The number of hydrogen-bond acceptors (Lipinski definition) is 2. The van der Waals surface area contributed by atoms with Crippen LogP contribution in [0.1, 0.15) is 36.8 Å². The summed E-state index contributed by atoms with van der Waals surface area (Å²) in [6.45, 7) is 6.18. The van der Waals surface area contributed by atoms with Crippen molar-refractivity contribution in [1.29, 1.82) is 0 Å². The van der Waals surface area contributed by atoms with Crippen molar-refractivity contribution in [3.05, 3.63) is 35.1 Å². The third kappa shape index (κ3) is 1.65. The first-order valence-corrected chi connectivity index (χ1v) is 5.41. The van der Waals surface area contributed by atoms with E-state index in [0.717, 1.165) is 17.8 Å². The first kappa shape index (κ1) is 10.2. The van der Waals surface area contributed by atoms with Crippen LogP contribution in [-0.2, 0) is 6.42 Å². The fraction of sp³-hybridized carbons (Fsp3) is 0.385. The highest BCUT2D eigenvalue weighted by Gasteiger charge is 2.13. The Morgan fingerprint density at radius 2 is 2.13 bits per heavy atom. The molecule has 0 radical (unpaired) electrons. The number of aryl methyl sites for hydroxylation is 2. The van der Waals surface area contributed by atoms with Crippen molar-refractivity contribution in [2.24, 2.45) is 5.73 Å². The van der Waals surface area contributed by atoms with Crippen molar-refractivity contribution in [2.75, 3.05) is 0 Å². The number of hydrogen-bond donors (Lipinski definition) is 1. The number of rotatable bonds is 2. The molecule has 2 nitrogen and oxygen atoms in total. The van der Waals surface area contributed by atoms with Crippen LogP contribution >= 0.6 is 0 Å². The molecule has 1 unspecified atom stereocenters. The van der Waals surface area contributed by atoms with Crippen molar-refractivity contribution in [2.45, 2.75) is 33.2 Å². The molecule has 0 fully saturated rings. The zero-order chi connectivity index (χ0) is 11.0. The van der Waals surface area contributed by atoms with Gasteiger partial charge in [0.05, 0.1) is 6.04 Å². The lowest BCUT2D eigenvalue weighted by atomic mass is 10.1. The Hall–Kier alpha value is -1.28. The molecule has 1 aromatic carbocycles. The Balaban J connectivity index is 2.66. The number of benzene rings is 1. The van der Waals surface area contributed by atoms with E-state index in [1.54, 1.807) is 0 Å². The Labute approximate surface area is 90.1 Å². The van der Waals surface area contributed by atoms with Gasteiger partial charge in [-0.2, -0.15) is 0 Å². The second-order valence-electron chi connectivity index (χ2n) is 4.06. The van der Waals surface area contributed by atoms with Crippen molar-refractivity contribution in [3.8, 4) is 0 Å². The Kier molecular flexibility index (Phi) is 2.53. The Bertz CT molecular complexity index is 482. The van der Waals surface area contributed by atoms with Crippen LogP contribution in [-0.4, -0.2) is 0 Å². The van der Waals surface area contributed by atoms with Gasteiger partial charge in [-0.1, -0.05) is 13.0 Å². The highest BCUT2D eigenvalue weighted by atomic mass is 16.3. The van der Waals surface area contributed by atoms with E-state index in [1.165, 1.54) is 16.5 Å². The summed E-state index contributed by atoms with van der Waals surface area (Å²) in [5, 5.41) is 1.20. The van der Waals surface area contributed by atoms with Gasteiger partial charge in [0.25, 0.3) is 0 Å². The molecular weight excluding hydrogens is 186 g/mol. The highest BCUT2D eigenvalue weighted by Crippen LogP contribution is 2.29. The summed E-state index contributed by atoms with van der Waals surface area (Å²) in [6.07, 6.45) is 1.05. The molecule has 0 aliphatic carbocycles. The monoisotopic (exact) mass is 203 g/mol. The molecule has 1 atom stereocenters. The third-order valence-corrected chi connectivity index (χ3v) is 2.86. The van der Waals surface area contributed by atoms with Gasteiger partial charge in [-0.15, -0.1) is 0 Å². The lowest BCUT2D eigenvalue weighted by Gasteiger charge is -2.00. The van der Waals surface area contributed by atoms with E-state index in [1.807, 2.05) is 13.0 Å². The van der Waals surface area contributed by atoms with Crippen molar-refractivity contribution >= 4 is 11.0 Å². The van der Waals surface area contributed by atoms with Gasteiger partial charge < -0.3 is 10.2 Å². The van der Waals surface area contributed by atoms with Crippen LogP contribution in [0, 0.1) is 6.92 Å². The van der Waals surface area contributed by atoms with Crippen LogP contribution in [0.15, 0.2) is 22.6 Å². The summed E-state index contributed by atoms with van der Waals surface area (Å²) in [5.74, 6) is 0.901. The summed E-state index contributed by atoms with van der Waals surface area (Å²) in [7, 11) is 0. The lowest BCUT2D eigenvalue weighted by Crippen LogP contribution is -2.04. The first-order valence-electron chi connectivity index (χ1n) is 5.41. The molecule has 1 aromatic heterocycles. The van der Waals surface area contributed by atoms with Gasteiger partial charge in [0.2, 0.25) is 0 Å². The molecule has 0 aliphatic rings. The van der Waals surface area contributed by atoms with E-state index in [-0.39, 0.29) is 6.04 Å². The van der Waals surface area contributed by atoms with Crippen molar-refractivity contribution < 1.29 is 4.42 Å². The molecule has 2 N–H and O–H groups in total. The summed E-state index contributed by atoms with van der Waals surface area (Å²) >= 11 is 0. The summed E-state index contributed by atoms with van der Waals surface area (Å²) in [5.41, 5.74) is 9.31. The molecule has 1 heterocycles. The van der Waals surface area contributed by atoms with Gasteiger partial charge in [-0.05, 0) is 43.5 Å². The second-order valence-corrected chi connectivity index (χ2v) is 4.06. The van der Waals surface area contributed by atoms with Gasteiger partial charge in [0, 0.05) is 5.39 Å². The van der Waals surface area contributed by atoms with Crippen LogP contribution in [0.25, 0.3) is 11.0 Å². The van der Waals surface area contributed by atoms with E-state index in [2.05, 4.69) is 26.0 Å². The maximum atomic E-state index is 5.86. The first-order chi connectivity index (χ1) is 7.13. The van der Waals surface area contributed by atoms with E-state index < -0.39 is 0 Å². The summed E-state index contributed by atoms with van der Waals surface area (Å²) in [6, 6.07) is 6.30. The predicted octanol–water partition coefficient (Wildman–Crippen LogP) is 3.32. The van der Waals surface area contributed by atoms with Crippen molar-refractivity contribution in [1.82, 2.24) is 0 Å². The minimum absolute atomic E-state index is 0.0394. The van der Waals surface area contributed by atoms with Crippen LogP contribution in [0.3, 0.4) is 0 Å². The molecule has 2 aromatic rings. The molecule has 15 heavy (non-hydrogen) atoms. The number of fused-ring (bicyclic) bond motifs is 1. The maximum Gasteiger partial charge on any atom is 0.134 e. The lowest BCUT2D eigenvalue weighted by molar-refractivity contribution is 0.509. The molecule has 0 spiro atoms. The van der Waals surface area contributed by atoms with E-state index in [9.17, 15) is 0 Å². The number of furan rings is 1. The molecular formula is C13H17NO. The maximum absolute atomic E-state index is 5.86. The van der Waals surface area contributed by atoms with Gasteiger partial charge >= 0.3 is 0 Å². The molecule has 2 rings (SSSR count). The van der Waals surface area contributed by atoms with Crippen LogP contribution < -0.4 is 5.73 Å². The minimum Gasteiger partial charge on any atom is -0.459 e. The summed E-state index contributed by atoms with van der Waals surface area (Å²) in [4.78, 5) is 0. The highest BCUT2D eigenvalue weighted by molar-refractivity contribution is 5.82. The summed E-state index contributed by atoms with van der Waals surface area (Å²) < 4.78 is 5.73. The fourth-order valence-electron chi connectivity index (χ4n) is 1.94. The average molecular weight is 203 g/mol. The largest absolute Gasteiger partial charge is 0.459 e. The van der Waals surface area contributed by atoms with E-state index in [0.29, 0.717) is 0 Å². The molecule has 0 saturated heterocycles. The molecule has 2 heteroatoms. The van der Waals surface area contributed by atoms with Gasteiger partial charge in [0.1, 0.15) is 11.3 Å². The van der Waals surface area contributed by atoms with Crippen LogP contribution in [0.4, 0.5) is 0 Å². The van der Waals surface area contributed by atoms with Crippen molar-refractivity contribution in [3.63, 3.8) is 0 Å². The van der Waals surface area contributed by atoms with Gasteiger partial charge in [-0.3, -0.25) is 0 Å². The molecule has 0 bridgehead atoms. The van der Waals surface area contributed by atoms with Crippen LogP contribution in [0.5, 0.6) is 0 Å². The third-order valence-electron chi connectivity index (χ3n) is 2.86. The minimum atomic E-state index is -0.0394. The zero-order valence-electron chi connectivity index (χ0n) is 9.50. The Morgan fingerprint density at radius 3 is 2.73 bits per heavy atom. The standard InChI is InChI=1S/C13H17NO/c1-4-10-5-6-12-11(7-10)8(2)13(15-12)9(3)14/h5-7,9H,4,14H2,1-3H3. The molecule has 0 aliphatic heterocycles. The molecule has 80 valence electrons. The zero-order valence-corrected chi connectivity index (χ0v) is 9.50. The second kappa shape index (κ2) is 3.70. The van der Waals surface area contributed by atoms with Crippen LogP contribution in [0.2, 0.25) is 0 Å². The van der Waals surface area contributed by atoms with Gasteiger partial charge in [-0.25, -0.2) is 0 Å². The number of nitrogens with two attached hydrogens (primary N) is 1.